The lowest BCUT2D eigenvalue weighted by molar-refractivity contribution is 0.411. The molecule has 1 atom stereocenters. The van der Waals surface area contributed by atoms with Gasteiger partial charge in [-0.25, -0.2) is 0 Å². The number of methoxy groups -OCH3 is 2. The first kappa shape index (κ1) is 21.0. The summed E-state index contributed by atoms with van der Waals surface area (Å²) in [6, 6.07) is 13.1. The lowest BCUT2D eigenvalue weighted by Crippen LogP contribution is -2.35. The van der Waals surface area contributed by atoms with Crippen LogP contribution in [0.2, 0.25) is 0 Å². The number of ether oxygens (including phenoxy) is 2. The smallest absolute Gasteiger partial charge is 0.121 e. The lowest BCUT2D eigenvalue weighted by Gasteiger charge is -2.38. The van der Waals surface area contributed by atoms with E-state index in [1.54, 1.807) is 14.2 Å². The van der Waals surface area contributed by atoms with Crippen molar-refractivity contribution in [2.24, 2.45) is 0 Å². The Bertz CT molecular complexity index is 955. The maximum Gasteiger partial charge on any atom is 0.121 e. The zero-order valence-electron chi connectivity index (χ0n) is 18.7. The van der Waals surface area contributed by atoms with Crippen LogP contribution in [0.1, 0.15) is 50.3 Å². The summed E-state index contributed by atoms with van der Waals surface area (Å²) in [5, 5.41) is 0. The number of anilines is 1. The van der Waals surface area contributed by atoms with Crippen molar-refractivity contribution in [1.82, 2.24) is 0 Å². The van der Waals surface area contributed by atoms with Crippen molar-refractivity contribution in [1.29, 1.82) is 0 Å². The van der Waals surface area contributed by atoms with Crippen LogP contribution in [0.3, 0.4) is 0 Å². The summed E-state index contributed by atoms with van der Waals surface area (Å²) < 4.78 is 10.9. The Hall–Kier alpha value is -2.68. The summed E-state index contributed by atoms with van der Waals surface area (Å²) in [5.74, 6) is 1.84. The van der Waals surface area contributed by atoms with Crippen molar-refractivity contribution in [3.05, 3.63) is 70.4 Å². The molecule has 0 aromatic heterocycles. The van der Waals surface area contributed by atoms with Gasteiger partial charge in [0, 0.05) is 5.69 Å². The highest BCUT2D eigenvalue weighted by Crippen LogP contribution is 2.40. The van der Waals surface area contributed by atoms with Gasteiger partial charge in [-0.3, -0.25) is 0 Å². The number of hydrogen-bond acceptors (Lipinski definition) is 3. The molecular weight excluding hydrogens is 358 g/mol. The molecule has 3 rings (SSSR count). The van der Waals surface area contributed by atoms with Crippen LogP contribution in [0, 0.1) is 20.0 Å². The van der Waals surface area contributed by atoms with Crippen LogP contribution < -0.4 is 14.4 Å². The Morgan fingerprint density at radius 2 is 1.52 bits per heavy atom. The highest BCUT2D eigenvalue weighted by atomic mass is 16.5. The average molecular weight is 391 g/mol. The van der Waals surface area contributed by atoms with E-state index in [-0.39, 0.29) is 6.04 Å². The maximum absolute atomic E-state index is 5.48. The highest BCUT2D eigenvalue weighted by Gasteiger charge is 2.29. The summed E-state index contributed by atoms with van der Waals surface area (Å²) in [7, 11) is 3.44. The van der Waals surface area contributed by atoms with Crippen molar-refractivity contribution < 1.29 is 9.47 Å². The average Bonchev–Trinajstić information content (AvgIpc) is 2.72. The van der Waals surface area contributed by atoms with Gasteiger partial charge in [-0.2, -0.15) is 0 Å². The van der Waals surface area contributed by atoms with Gasteiger partial charge in [0.05, 0.1) is 26.5 Å². The van der Waals surface area contributed by atoms with Crippen LogP contribution >= 0.6 is 0 Å². The molecule has 0 amide bonds. The van der Waals surface area contributed by atoms with Crippen LogP contribution in [-0.4, -0.2) is 20.3 Å². The lowest BCUT2D eigenvalue weighted by atomic mass is 9.83. The number of aryl methyl sites for hydroxylation is 2. The number of benzene rings is 2. The fourth-order valence-corrected chi connectivity index (χ4v) is 4.37. The predicted molar refractivity (Wildman–Crippen MR) is 122 cm³/mol. The normalized spacial score (nSPS) is 16.7. The summed E-state index contributed by atoms with van der Waals surface area (Å²) in [4.78, 5) is 2.30. The van der Waals surface area contributed by atoms with Gasteiger partial charge in [0.25, 0.3) is 0 Å². The topological polar surface area (TPSA) is 21.7 Å². The van der Waals surface area contributed by atoms with E-state index in [0.29, 0.717) is 0 Å². The van der Waals surface area contributed by atoms with Crippen molar-refractivity contribution in [3.63, 3.8) is 0 Å². The molecule has 2 aromatic carbocycles. The molecule has 1 aliphatic rings. The maximum atomic E-state index is 5.48. The number of allylic oxidation sites excluding steroid dienone is 2. The third-order valence-electron chi connectivity index (χ3n) is 5.81. The minimum absolute atomic E-state index is 0.231. The van der Waals surface area contributed by atoms with Gasteiger partial charge in [0.15, 0.2) is 0 Å². The summed E-state index contributed by atoms with van der Waals surface area (Å²) >= 11 is 0. The van der Waals surface area contributed by atoms with E-state index in [1.165, 1.54) is 22.3 Å². The predicted octanol–water partition coefficient (Wildman–Crippen LogP) is 6.49. The Kier molecular flexibility index (Phi) is 6.36. The van der Waals surface area contributed by atoms with Crippen molar-refractivity contribution >= 4 is 11.3 Å². The molecule has 1 heterocycles. The third kappa shape index (κ3) is 3.91. The second-order valence-electron chi connectivity index (χ2n) is 7.61. The van der Waals surface area contributed by atoms with Gasteiger partial charge >= 0.3 is 0 Å². The fourth-order valence-electron chi connectivity index (χ4n) is 4.37. The van der Waals surface area contributed by atoms with E-state index >= 15 is 0 Å². The van der Waals surface area contributed by atoms with E-state index in [9.17, 15) is 0 Å². The van der Waals surface area contributed by atoms with E-state index in [0.717, 1.165) is 41.2 Å². The van der Waals surface area contributed by atoms with Gasteiger partial charge < -0.3 is 14.4 Å². The quantitative estimate of drug-likeness (QED) is 0.563. The van der Waals surface area contributed by atoms with Crippen LogP contribution in [-0.2, 0) is 0 Å². The molecule has 0 fully saturated rings. The molecule has 0 aliphatic carbocycles. The second kappa shape index (κ2) is 8.77. The molecule has 3 nitrogen and oxygen atoms in total. The molecule has 153 valence electrons. The molecule has 1 unspecified atom stereocenters. The Labute approximate surface area is 175 Å². The standard InChI is InChI=1S/C26H32NO2/c1-8-22-19(5)16-27(21-11-13-25(29-7)18(4)15-21)23(9-2)26(22)20-10-12-24(28-6)17(3)14-20/h10-15,23H,8-9H2,1-7H3. The van der Waals surface area contributed by atoms with E-state index < -0.39 is 0 Å². The molecule has 2 aromatic rings. The monoisotopic (exact) mass is 390 g/mol. The van der Waals surface area contributed by atoms with Crippen molar-refractivity contribution in [2.45, 2.75) is 53.5 Å². The fraction of sp³-hybridized carbons (Fsp3) is 0.385. The number of rotatable bonds is 6. The molecule has 0 N–H and O–H groups in total. The number of hydrogen-bond donors (Lipinski definition) is 0. The number of nitrogens with zero attached hydrogens (tertiary/aromatic N) is 1. The van der Waals surface area contributed by atoms with Crippen LogP contribution in [0.15, 0.2) is 47.5 Å². The molecule has 3 heteroatoms. The van der Waals surface area contributed by atoms with E-state index in [2.05, 4.69) is 76.1 Å². The van der Waals surface area contributed by atoms with Crippen LogP contribution in [0.4, 0.5) is 5.69 Å². The first-order valence-corrected chi connectivity index (χ1v) is 10.4. The van der Waals surface area contributed by atoms with Gasteiger partial charge in [-0.05, 0) is 97.4 Å². The second-order valence-corrected chi connectivity index (χ2v) is 7.61. The van der Waals surface area contributed by atoms with Gasteiger partial charge in [0.1, 0.15) is 11.5 Å². The van der Waals surface area contributed by atoms with Gasteiger partial charge in [-0.1, -0.05) is 19.9 Å². The van der Waals surface area contributed by atoms with E-state index in [1.807, 2.05) is 6.07 Å². The largest absolute Gasteiger partial charge is 0.496 e. The molecule has 0 saturated carbocycles. The molecule has 0 bridgehead atoms. The Morgan fingerprint density at radius 1 is 0.897 bits per heavy atom. The SMILES string of the molecule is CCC1=C(c2ccc(OC)c(C)c2)C(CC)N(c2ccc(OC)c(C)c2)[C]=C1C. The van der Waals surface area contributed by atoms with Crippen LogP contribution in [0.5, 0.6) is 11.5 Å². The first-order chi connectivity index (χ1) is 13.9. The molecule has 0 spiro atoms. The minimum Gasteiger partial charge on any atom is -0.496 e. The van der Waals surface area contributed by atoms with Gasteiger partial charge in [0.2, 0.25) is 0 Å². The summed E-state index contributed by atoms with van der Waals surface area (Å²) in [6.45, 7) is 10.9. The summed E-state index contributed by atoms with van der Waals surface area (Å²) in [5.41, 5.74) is 8.69. The zero-order valence-corrected chi connectivity index (χ0v) is 18.7. The van der Waals surface area contributed by atoms with Crippen molar-refractivity contribution in [2.75, 3.05) is 19.1 Å². The van der Waals surface area contributed by atoms with E-state index in [4.69, 9.17) is 9.47 Å². The van der Waals surface area contributed by atoms with Crippen molar-refractivity contribution in [3.8, 4) is 11.5 Å². The summed E-state index contributed by atoms with van der Waals surface area (Å²) in [6.07, 6.45) is 5.65. The van der Waals surface area contributed by atoms with Gasteiger partial charge in [-0.15, -0.1) is 0 Å². The highest BCUT2D eigenvalue weighted by molar-refractivity contribution is 5.81. The Balaban J connectivity index is 2.14. The first-order valence-electron chi connectivity index (χ1n) is 10.4. The molecule has 29 heavy (non-hydrogen) atoms. The Morgan fingerprint density at radius 3 is 2.03 bits per heavy atom. The molecule has 1 aliphatic heterocycles. The molecule has 1 radical (unpaired) electrons. The molecular formula is C26H32NO2. The third-order valence-corrected chi connectivity index (χ3v) is 5.81. The zero-order chi connectivity index (χ0) is 21.1. The minimum atomic E-state index is 0.231. The molecule has 0 saturated heterocycles. The van der Waals surface area contributed by atoms with Crippen LogP contribution in [0.25, 0.3) is 5.57 Å².